The lowest BCUT2D eigenvalue weighted by Crippen LogP contribution is -2.42. The minimum Gasteiger partial charge on any atom is -0.302 e. The fourth-order valence-electron chi connectivity index (χ4n) is 3.38. The second-order valence-corrected chi connectivity index (χ2v) is 10.6. The second-order valence-electron chi connectivity index (χ2n) is 7.26. The molecule has 0 radical (unpaired) electrons. The first-order chi connectivity index (χ1) is 13.8. The molecule has 6 nitrogen and oxygen atoms in total. The van der Waals surface area contributed by atoms with E-state index in [9.17, 15) is 17.6 Å². The molecule has 2 heterocycles. The van der Waals surface area contributed by atoms with Gasteiger partial charge in [-0.1, -0.05) is 13.3 Å². The quantitative estimate of drug-likeness (QED) is 0.706. The zero-order valence-electron chi connectivity index (χ0n) is 16.7. The predicted octanol–water partition coefficient (Wildman–Crippen LogP) is 4.04. The first kappa shape index (κ1) is 21.9. The fourth-order valence-corrected chi connectivity index (χ4v) is 5.90. The number of carbonyl (C=O) groups excluding carboxylic acids is 1. The van der Waals surface area contributed by atoms with Gasteiger partial charge in [-0.15, -0.1) is 11.3 Å². The SMILES string of the molecule is CCCCS(=O)(=O)N1CCC(C(=O)Nc2nc(-c3ccc(F)cc3)c(C)s2)CC1. The summed E-state index contributed by atoms with van der Waals surface area (Å²) in [5, 5.41) is 3.37. The number of piperidine rings is 1. The van der Waals surface area contributed by atoms with Crippen molar-refractivity contribution in [2.45, 2.75) is 39.5 Å². The fraction of sp³-hybridized carbons (Fsp3) is 0.500. The van der Waals surface area contributed by atoms with Gasteiger partial charge in [0, 0.05) is 29.4 Å². The Hall–Kier alpha value is -1.84. The zero-order chi connectivity index (χ0) is 21.0. The molecule has 0 unspecified atom stereocenters. The summed E-state index contributed by atoms with van der Waals surface area (Å²) in [6, 6.07) is 6.10. The first-order valence-electron chi connectivity index (χ1n) is 9.82. The number of amides is 1. The maximum Gasteiger partial charge on any atom is 0.229 e. The highest BCUT2D eigenvalue weighted by molar-refractivity contribution is 7.89. The number of nitrogens with zero attached hydrogens (tertiary/aromatic N) is 2. The van der Waals surface area contributed by atoms with Gasteiger partial charge in [-0.2, -0.15) is 0 Å². The maximum absolute atomic E-state index is 13.1. The number of aromatic nitrogens is 1. The number of unbranched alkanes of at least 4 members (excludes halogenated alkanes) is 1. The molecule has 3 rings (SSSR count). The average Bonchev–Trinajstić information content (AvgIpc) is 3.07. The number of hydrogen-bond donors (Lipinski definition) is 1. The number of sulfonamides is 1. The third-order valence-corrected chi connectivity index (χ3v) is 7.96. The molecule has 0 aliphatic carbocycles. The summed E-state index contributed by atoms with van der Waals surface area (Å²) in [5.41, 5.74) is 1.52. The number of nitrogens with one attached hydrogen (secondary N) is 1. The van der Waals surface area contributed by atoms with E-state index in [2.05, 4.69) is 10.3 Å². The van der Waals surface area contributed by atoms with E-state index >= 15 is 0 Å². The summed E-state index contributed by atoms with van der Waals surface area (Å²) in [5.74, 6) is -0.496. The predicted molar refractivity (Wildman–Crippen MR) is 114 cm³/mol. The molecule has 0 atom stereocenters. The van der Waals surface area contributed by atoms with Crippen LogP contribution in [0.4, 0.5) is 9.52 Å². The lowest BCUT2D eigenvalue weighted by molar-refractivity contribution is -0.120. The molecular weight excluding hydrogens is 413 g/mol. The highest BCUT2D eigenvalue weighted by atomic mass is 32.2. The number of halogens is 1. The molecule has 9 heteroatoms. The molecular formula is C20H26FN3O3S2. The minimum absolute atomic E-state index is 0.130. The number of benzene rings is 1. The Morgan fingerprint density at radius 2 is 1.93 bits per heavy atom. The molecule has 2 aromatic rings. The first-order valence-corrected chi connectivity index (χ1v) is 12.2. The van der Waals surface area contributed by atoms with Crippen LogP contribution in [0.25, 0.3) is 11.3 Å². The third kappa shape index (κ3) is 5.40. The van der Waals surface area contributed by atoms with E-state index in [4.69, 9.17) is 0 Å². The van der Waals surface area contributed by atoms with Crippen molar-refractivity contribution in [3.8, 4) is 11.3 Å². The number of carbonyl (C=O) groups is 1. The average molecular weight is 440 g/mol. The van der Waals surface area contributed by atoms with Gasteiger partial charge in [0.15, 0.2) is 5.13 Å². The van der Waals surface area contributed by atoms with Gasteiger partial charge in [-0.05, 0) is 50.5 Å². The molecule has 0 saturated carbocycles. The summed E-state index contributed by atoms with van der Waals surface area (Å²) in [6.45, 7) is 4.63. The van der Waals surface area contributed by atoms with Gasteiger partial charge in [0.2, 0.25) is 15.9 Å². The van der Waals surface area contributed by atoms with Gasteiger partial charge in [0.25, 0.3) is 0 Å². The Bertz CT molecular complexity index is 950. The molecule has 1 amide bonds. The van der Waals surface area contributed by atoms with E-state index in [1.807, 2.05) is 13.8 Å². The van der Waals surface area contributed by atoms with E-state index in [1.54, 1.807) is 12.1 Å². The lowest BCUT2D eigenvalue weighted by Gasteiger charge is -2.30. The highest BCUT2D eigenvalue weighted by Gasteiger charge is 2.31. The van der Waals surface area contributed by atoms with Gasteiger partial charge in [-0.3, -0.25) is 4.79 Å². The Kier molecular flexibility index (Phi) is 7.02. The van der Waals surface area contributed by atoms with Crippen molar-refractivity contribution in [1.82, 2.24) is 9.29 Å². The maximum atomic E-state index is 13.1. The summed E-state index contributed by atoms with van der Waals surface area (Å²) in [7, 11) is -3.22. The molecule has 158 valence electrons. The molecule has 1 aromatic heterocycles. The van der Waals surface area contributed by atoms with Crippen LogP contribution in [0.5, 0.6) is 0 Å². The van der Waals surface area contributed by atoms with Crippen LogP contribution < -0.4 is 5.32 Å². The van der Waals surface area contributed by atoms with Crippen molar-refractivity contribution >= 4 is 32.4 Å². The van der Waals surface area contributed by atoms with Crippen molar-refractivity contribution < 1.29 is 17.6 Å². The summed E-state index contributed by atoms with van der Waals surface area (Å²) in [6.07, 6.45) is 2.51. The summed E-state index contributed by atoms with van der Waals surface area (Å²) in [4.78, 5) is 18.1. The molecule has 1 aliphatic heterocycles. The van der Waals surface area contributed by atoms with Crippen LogP contribution in [0, 0.1) is 18.7 Å². The number of hydrogen-bond acceptors (Lipinski definition) is 5. The molecule has 1 aromatic carbocycles. The minimum atomic E-state index is -3.22. The highest BCUT2D eigenvalue weighted by Crippen LogP contribution is 2.31. The molecule has 1 saturated heterocycles. The van der Waals surface area contributed by atoms with E-state index in [0.29, 0.717) is 37.5 Å². The number of aryl methyl sites for hydroxylation is 1. The van der Waals surface area contributed by atoms with E-state index in [0.717, 1.165) is 22.6 Å². The van der Waals surface area contributed by atoms with Crippen LogP contribution in [0.2, 0.25) is 0 Å². The Morgan fingerprint density at radius 3 is 2.55 bits per heavy atom. The van der Waals surface area contributed by atoms with E-state index in [1.165, 1.54) is 27.8 Å². The number of thiazole rings is 1. The van der Waals surface area contributed by atoms with Gasteiger partial charge < -0.3 is 5.32 Å². The Balaban J connectivity index is 1.59. The lowest BCUT2D eigenvalue weighted by atomic mass is 9.97. The topological polar surface area (TPSA) is 79.4 Å². The summed E-state index contributed by atoms with van der Waals surface area (Å²) >= 11 is 1.38. The zero-order valence-corrected chi connectivity index (χ0v) is 18.3. The third-order valence-electron chi connectivity index (χ3n) is 5.12. The monoisotopic (exact) mass is 439 g/mol. The molecule has 1 aliphatic rings. The van der Waals surface area contributed by atoms with Crippen molar-refractivity contribution in [3.05, 3.63) is 35.0 Å². The van der Waals surface area contributed by atoms with Crippen molar-refractivity contribution in [3.63, 3.8) is 0 Å². The van der Waals surface area contributed by atoms with Gasteiger partial charge in [-0.25, -0.2) is 22.1 Å². The van der Waals surface area contributed by atoms with Gasteiger partial charge in [0.1, 0.15) is 5.82 Å². The van der Waals surface area contributed by atoms with E-state index < -0.39 is 10.0 Å². The molecule has 1 fully saturated rings. The molecule has 29 heavy (non-hydrogen) atoms. The number of rotatable bonds is 7. The van der Waals surface area contributed by atoms with E-state index in [-0.39, 0.29) is 23.4 Å². The second kappa shape index (κ2) is 9.32. The standard InChI is InChI=1S/C20H26FN3O3S2/c1-3-4-13-29(26,27)24-11-9-16(10-12-24)19(25)23-20-22-18(14(2)28-20)15-5-7-17(21)8-6-15/h5-8,16H,3-4,9-13H2,1-2H3,(H,22,23,25). The Morgan fingerprint density at radius 1 is 1.28 bits per heavy atom. The van der Waals surface area contributed by atoms with Gasteiger partial charge >= 0.3 is 0 Å². The van der Waals surface area contributed by atoms with Crippen LogP contribution in [0.1, 0.15) is 37.5 Å². The van der Waals surface area contributed by atoms with Gasteiger partial charge in [0.05, 0.1) is 11.4 Å². The van der Waals surface area contributed by atoms with Crippen LogP contribution >= 0.6 is 11.3 Å². The van der Waals surface area contributed by atoms with Crippen LogP contribution in [-0.4, -0.2) is 42.5 Å². The normalized spacial score (nSPS) is 16.1. The molecule has 1 N–H and O–H groups in total. The summed E-state index contributed by atoms with van der Waals surface area (Å²) < 4.78 is 39.2. The smallest absolute Gasteiger partial charge is 0.229 e. The molecule has 0 bridgehead atoms. The Labute approximate surface area is 175 Å². The number of anilines is 1. The van der Waals surface area contributed by atoms with Crippen LogP contribution in [0.15, 0.2) is 24.3 Å². The molecule has 0 spiro atoms. The van der Waals surface area contributed by atoms with Crippen LogP contribution in [-0.2, 0) is 14.8 Å². The van der Waals surface area contributed by atoms with Crippen LogP contribution in [0.3, 0.4) is 0 Å². The largest absolute Gasteiger partial charge is 0.302 e. The van der Waals surface area contributed by atoms with Crippen molar-refractivity contribution in [2.75, 3.05) is 24.2 Å². The van der Waals surface area contributed by atoms with Crippen molar-refractivity contribution in [1.29, 1.82) is 0 Å². The van der Waals surface area contributed by atoms with Crippen molar-refractivity contribution in [2.24, 2.45) is 5.92 Å².